The van der Waals surface area contributed by atoms with Crippen molar-refractivity contribution in [3.8, 4) is 0 Å². The van der Waals surface area contributed by atoms with Crippen LogP contribution in [0.4, 0.5) is 0 Å². The molecule has 7 heteroatoms. The monoisotopic (exact) mass is 277 g/mol. The van der Waals surface area contributed by atoms with Crippen LogP contribution in [0.15, 0.2) is 6.20 Å². The number of aromatic nitrogens is 1. The van der Waals surface area contributed by atoms with Gasteiger partial charge < -0.3 is 5.11 Å². The second kappa shape index (κ2) is 6.11. The molecule has 0 spiro atoms. The minimum atomic E-state index is -3.07. The number of thiazole rings is 1. The zero-order valence-corrected chi connectivity index (χ0v) is 11.2. The number of hydrogen-bond donors (Lipinski definition) is 1. The molecule has 1 N–H and O–H groups in total. The highest BCUT2D eigenvalue weighted by Gasteiger charge is 2.14. The number of rotatable bonds is 7. The van der Waals surface area contributed by atoms with Gasteiger partial charge in [-0.1, -0.05) is 6.92 Å². The van der Waals surface area contributed by atoms with Gasteiger partial charge in [0, 0.05) is 11.1 Å². The Hall–Kier alpha value is -0.950. The first-order valence-corrected chi connectivity index (χ1v) is 7.92. The van der Waals surface area contributed by atoms with Crippen molar-refractivity contribution < 1.29 is 18.3 Å². The minimum Gasteiger partial charge on any atom is -0.481 e. The van der Waals surface area contributed by atoms with Crippen LogP contribution >= 0.6 is 11.3 Å². The highest BCUT2D eigenvalue weighted by Crippen LogP contribution is 2.17. The Labute approximate surface area is 104 Å². The lowest BCUT2D eigenvalue weighted by Crippen LogP contribution is -2.08. The number of carboxylic acid groups (broad SMARTS) is 1. The summed E-state index contributed by atoms with van der Waals surface area (Å²) in [5, 5.41) is 9.07. The molecule has 5 nitrogen and oxygen atoms in total. The molecular weight excluding hydrogens is 262 g/mol. The third kappa shape index (κ3) is 5.27. The molecule has 0 saturated carbocycles. The molecule has 0 amide bonds. The number of aryl methyl sites for hydroxylation is 1. The van der Waals surface area contributed by atoms with Gasteiger partial charge in [0.15, 0.2) is 9.84 Å². The second-order valence-corrected chi connectivity index (χ2v) is 7.09. The molecule has 0 aliphatic carbocycles. The summed E-state index contributed by atoms with van der Waals surface area (Å²) in [7, 11) is -3.07. The molecule has 0 bridgehead atoms. The zero-order chi connectivity index (χ0) is 12.9. The second-order valence-electron chi connectivity index (χ2n) is 3.71. The molecule has 1 rings (SSSR count). The van der Waals surface area contributed by atoms with Crippen molar-refractivity contribution in [1.82, 2.24) is 4.98 Å². The SMILES string of the molecule is CCCS(=O)(=O)Cc1ncc(CCC(=O)O)s1. The summed E-state index contributed by atoms with van der Waals surface area (Å²) < 4.78 is 23.1. The van der Waals surface area contributed by atoms with E-state index in [0.717, 1.165) is 4.88 Å². The fraction of sp³-hybridized carbons (Fsp3) is 0.600. The maximum atomic E-state index is 11.5. The minimum absolute atomic E-state index is 0.0431. The third-order valence-corrected chi connectivity index (χ3v) is 5.03. The molecule has 0 aromatic carbocycles. The van der Waals surface area contributed by atoms with E-state index < -0.39 is 15.8 Å². The molecule has 1 aromatic rings. The molecule has 96 valence electrons. The van der Waals surface area contributed by atoms with E-state index in [1.165, 1.54) is 11.3 Å². The van der Waals surface area contributed by atoms with Gasteiger partial charge in [0.2, 0.25) is 0 Å². The molecular formula is C10H15NO4S2. The number of aliphatic carboxylic acids is 1. The number of nitrogens with zero attached hydrogens (tertiary/aromatic N) is 1. The quantitative estimate of drug-likeness (QED) is 0.816. The molecule has 0 saturated heterocycles. The lowest BCUT2D eigenvalue weighted by Gasteiger charge is -1.98. The van der Waals surface area contributed by atoms with Crippen molar-refractivity contribution in [2.24, 2.45) is 0 Å². The Kier molecular flexibility index (Phi) is 5.07. The fourth-order valence-electron chi connectivity index (χ4n) is 1.33. The lowest BCUT2D eigenvalue weighted by atomic mass is 10.3. The summed E-state index contributed by atoms with van der Waals surface area (Å²) in [6, 6.07) is 0. The first-order valence-electron chi connectivity index (χ1n) is 5.28. The van der Waals surface area contributed by atoms with E-state index in [-0.39, 0.29) is 17.9 Å². The largest absolute Gasteiger partial charge is 0.481 e. The summed E-state index contributed by atoms with van der Waals surface area (Å²) in [5.74, 6) is -0.742. The van der Waals surface area contributed by atoms with Crippen LogP contribution in [0.5, 0.6) is 0 Å². The third-order valence-electron chi connectivity index (χ3n) is 2.05. The van der Waals surface area contributed by atoms with Gasteiger partial charge in [-0.3, -0.25) is 4.79 Å². The predicted molar refractivity (Wildman–Crippen MR) is 65.9 cm³/mol. The van der Waals surface area contributed by atoms with Gasteiger partial charge in [-0.25, -0.2) is 13.4 Å². The van der Waals surface area contributed by atoms with Crippen LogP contribution in [-0.4, -0.2) is 30.2 Å². The van der Waals surface area contributed by atoms with Crippen LogP contribution in [0.3, 0.4) is 0 Å². The average molecular weight is 277 g/mol. The van der Waals surface area contributed by atoms with Gasteiger partial charge in [-0.15, -0.1) is 11.3 Å². The van der Waals surface area contributed by atoms with Gasteiger partial charge in [-0.2, -0.15) is 0 Å². The molecule has 0 aliphatic heterocycles. The zero-order valence-electron chi connectivity index (χ0n) is 9.55. The molecule has 17 heavy (non-hydrogen) atoms. The Balaban J connectivity index is 2.59. The van der Waals surface area contributed by atoms with Crippen molar-refractivity contribution in [3.63, 3.8) is 0 Å². The van der Waals surface area contributed by atoms with E-state index >= 15 is 0 Å². The van der Waals surface area contributed by atoms with E-state index in [0.29, 0.717) is 17.8 Å². The fourth-order valence-corrected chi connectivity index (χ4v) is 4.04. The first-order chi connectivity index (χ1) is 7.93. The molecule has 1 aromatic heterocycles. The van der Waals surface area contributed by atoms with Crippen molar-refractivity contribution in [2.45, 2.75) is 31.9 Å². The smallest absolute Gasteiger partial charge is 0.303 e. The van der Waals surface area contributed by atoms with Gasteiger partial charge >= 0.3 is 5.97 Å². The lowest BCUT2D eigenvalue weighted by molar-refractivity contribution is -0.136. The molecule has 0 aliphatic rings. The molecule has 0 unspecified atom stereocenters. The Morgan fingerprint density at radius 2 is 2.24 bits per heavy atom. The summed E-state index contributed by atoms with van der Waals surface area (Å²) in [5.41, 5.74) is 0. The van der Waals surface area contributed by atoms with Crippen LogP contribution in [0.25, 0.3) is 0 Å². The van der Waals surface area contributed by atoms with Crippen LogP contribution in [0.2, 0.25) is 0 Å². The number of hydrogen-bond acceptors (Lipinski definition) is 5. The topological polar surface area (TPSA) is 84.3 Å². The van der Waals surface area contributed by atoms with Gasteiger partial charge in [0.1, 0.15) is 10.8 Å². The van der Waals surface area contributed by atoms with Gasteiger partial charge in [0.25, 0.3) is 0 Å². The molecule has 0 fully saturated rings. The van der Waals surface area contributed by atoms with Crippen molar-refractivity contribution in [1.29, 1.82) is 0 Å². The normalized spacial score (nSPS) is 11.6. The van der Waals surface area contributed by atoms with E-state index in [2.05, 4.69) is 4.98 Å². The Bertz CT molecular complexity index is 478. The summed E-state index contributed by atoms with van der Waals surface area (Å²) in [4.78, 5) is 15.2. The van der Waals surface area contributed by atoms with Crippen LogP contribution < -0.4 is 0 Å². The summed E-state index contributed by atoms with van der Waals surface area (Å²) in [6.07, 6.45) is 2.61. The Morgan fingerprint density at radius 3 is 2.82 bits per heavy atom. The maximum Gasteiger partial charge on any atom is 0.303 e. The summed E-state index contributed by atoms with van der Waals surface area (Å²) in [6.45, 7) is 1.82. The highest BCUT2D eigenvalue weighted by atomic mass is 32.2. The predicted octanol–water partition coefficient (Wildman–Crippen LogP) is 1.49. The van der Waals surface area contributed by atoms with Gasteiger partial charge in [-0.05, 0) is 12.8 Å². The van der Waals surface area contributed by atoms with Gasteiger partial charge in [0.05, 0.1) is 12.2 Å². The average Bonchev–Trinajstić information content (AvgIpc) is 2.61. The maximum absolute atomic E-state index is 11.5. The van der Waals surface area contributed by atoms with E-state index in [1.807, 2.05) is 6.92 Å². The van der Waals surface area contributed by atoms with Crippen LogP contribution in [-0.2, 0) is 26.8 Å². The molecule has 0 radical (unpaired) electrons. The standard InChI is InChI=1S/C10H15NO4S2/c1-2-5-17(14,15)7-9-11-6-8(16-9)3-4-10(12)13/h6H,2-5,7H2,1H3,(H,12,13). The van der Waals surface area contributed by atoms with E-state index in [1.54, 1.807) is 6.20 Å². The number of sulfone groups is 1. The number of carbonyl (C=O) groups is 1. The van der Waals surface area contributed by atoms with Crippen LogP contribution in [0, 0.1) is 0 Å². The number of carboxylic acids is 1. The molecule has 1 heterocycles. The Morgan fingerprint density at radius 1 is 1.53 bits per heavy atom. The van der Waals surface area contributed by atoms with Crippen molar-refractivity contribution in [2.75, 3.05) is 5.75 Å². The highest BCUT2D eigenvalue weighted by molar-refractivity contribution is 7.90. The van der Waals surface area contributed by atoms with Crippen molar-refractivity contribution in [3.05, 3.63) is 16.1 Å². The first kappa shape index (κ1) is 14.1. The molecule has 0 atom stereocenters. The summed E-state index contributed by atoms with van der Waals surface area (Å²) >= 11 is 1.27. The van der Waals surface area contributed by atoms with E-state index in [4.69, 9.17) is 5.11 Å². The van der Waals surface area contributed by atoms with Crippen LogP contribution in [0.1, 0.15) is 29.7 Å². The van der Waals surface area contributed by atoms with Crippen molar-refractivity contribution >= 4 is 27.1 Å². The van der Waals surface area contributed by atoms with E-state index in [9.17, 15) is 13.2 Å².